The van der Waals surface area contributed by atoms with Gasteiger partial charge in [-0.05, 0) is 26.4 Å². The van der Waals surface area contributed by atoms with Crippen LogP contribution >= 0.6 is 0 Å². The van der Waals surface area contributed by atoms with Gasteiger partial charge in [0.1, 0.15) is 5.75 Å². The maximum Gasteiger partial charge on any atom is 0.128 e. The molecule has 0 saturated carbocycles. The average Bonchev–Trinajstić information content (AvgIpc) is 2.44. The van der Waals surface area contributed by atoms with Crippen molar-refractivity contribution in [3.05, 3.63) is 42.0 Å². The summed E-state index contributed by atoms with van der Waals surface area (Å²) in [5.74, 6) is 0.405. The van der Waals surface area contributed by atoms with Gasteiger partial charge in [0.2, 0.25) is 0 Å². The van der Waals surface area contributed by atoms with Gasteiger partial charge in [-0.2, -0.15) is 0 Å². The van der Waals surface area contributed by atoms with Crippen LogP contribution in [-0.4, -0.2) is 37.2 Å². The highest BCUT2D eigenvalue weighted by Crippen LogP contribution is 2.34. The zero-order chi connectivity index (χ0) is 13.8. The molecule has 0 fully saturated rings. The zero-order valence-corrected chi connectivity index (χ0v) is 11.9. The van der Waals surface area contributed by atoms with E-state index in [4.69, 9.17) is 0 Å². The summed E-state index contributed by atoms with van der Waals surface area (Å²) in [6.07, 6.45) is 0. The monoisotopic (exact) mass is 258 g/mol. The van der Waals surface area contributed by atoms with E-state index >= 15 is 0 Å². The topological polar surface area (TPSA) is 35.5 Å². The molecule has 0 aliphatic rings. The van der Waals surface area contributed by atoms with E-state index in [0.717, 1.165) is 29.4 Å². The van der Waals surface area contributed by atoms with Gasteiger partial charge in [0.05, 0.1) is 0 Å². The molecular weight excluding hydrogens is 236 g/mol. The second kappa shape index (κ2) is 6.04. The van der Waals surface area contributed by atoms with Crippen LogP contribution in [0.4, 0.5) is 0 Å². The molecule has 0 heterocycles. The molecule has 0 saturated heterocycles. The maximum atomic E-state index is 10.5. The third kappa shape index (κ3) is 2.88. The number of benzene rings is 2. The van der Waals surface area contributed by atoms with Crippen molar-refractivity contribution in [2.45, 2.75) is 13.0 Å². The Bertz CT molecular complexity index is 553. The van der Waals surface area contributed by atoms with Crippen molar-refractivity contribution in [3.63, 3.8) is 0 Å². The van der Waals surface area contributed by atoms with Gasteiger partial charge in [-0.1, -0.05) is 36.4 Å². The zero-order valence-electron chi connectivity index (χ0n) is 11.9. The van der Waals surface area contributed by atoms with E-state index in [1.807, 2.05) is 37.4 Å². The average molecular weight is 258 g/mol. The number of fused-ring (bicyclic) bond motifs is 1. The Morgan fingerprint density at radius 3 is 2.68 bits per heavy atom. The van der Waals surface area contributed by atoms with Crippen LogP contribution in [0.15, 0.2) is 36.4 Å². The summed E-state index contributed by atoms with van der Waals surface area (Å²) in [6.45, 7) is 4.01. The van der Waals surface area contributed by atoms with Crippen molar-refractivity contribution >= 4 is 10.8 Å². The number of rotatable bonds is 5. The first-order valence-electron chi connectivity index (χ1n) is 6.70. The molecular formula is C16H22N2O. The smallest absolute Gasteiger partial charge is 0.128 e. The third-order valence-corrected chi connectivity index (χ3v) is 3.76. The highest BCUT2D eigenvalue weighted by Gasteiger charge is 2.16. The summed E-state index contributed by atoms with van der Waals surface area (Å²) in [5.41, 5.74) is 0.984. The van der Waals surface area contributed by atoms with Crippen LogP contribution in [0.2, 0.25) is 0 Å². The molecule has 0 amide bonds. The van der Waals surface area contributed by atoms with Gasteiger partial charge in [-0.15, -0.1) is 0 Å². The van der Waals surface area contributed by atoms with Crippen LogP contribution in [0.25, 0.3) is 10.8 Å². The minimum Gasteiger partial charge on any atom is -0.507 e. The number of likely N-dealkylation sites (N-methyl/N-ethyl adjacent to an activating group) is 2. The maximum absolute atomic E-state index is 10.5. The standard InChI is InChI=1S/C16H22N2O/c1-12(18(3)11-10-17-2)14-9-8-13-6-4-5-7-15(13)16(14)19/h4-9,12,17,19H,10-11H2,1-3H3. The molecule has 19 heavy (non-hydrogen) atoms. The lowest BCUT2D eigenvalue weighted by Gasteiger charge is -2.26. The van der Waals surface area contributed by atoms with Crippen LogP contribution in [0.3, 0.4) is 0 Å². The molecule has 2 rings (SSSR count). The van der Waals surface area contributed by atoms with Gasteiger partial charge in [0.25, 0.3) is 0 Å². The predicted molar refractivity (Wildman–Crippen MR) is 80.6 cm³/mol. The molecule has 0 aliphatic heterocycles. The first kappa shape index (κ1) is 13.8. The molecule has 102 valence electrons. The largest absolute Gasteiger partial charge is 0.507 e. The summed E-state index contributed by atoms with van der Waals surface area (Å²) in [5, 5.41) is 15.6. The normalized spacial score (nSPS) is 13.1. The van der Waals surface area contributed by atoms with Crippen LogP contribution < -0.4 is 5.32 Å². The minimum absolute atomic E-state index is 0.193. The number of nitrogens with one attached hydrogen (secondary N) is 1. The molecule has 3 nitrogen and oxygen atoms in total. The van der Waals surface area contributed by atoms with E-state index in [2.05, 4.69) is 30.3 Å². The van der Waals surface area contributed by atoms with Gasteiger partial charge in [0, 0.05) is 30.1 Å². The van der Waals surface area contributed by atoms with Gasteiger partial charge < -0.3 is 10.4 Å². The Morgan fingerprint density at radius 1 is 1.21 bits per heavy atom. The SMILES string of the molecule is CNCCN(C)C(C)c1ccc2ccccc2c1O. The Hall–Kier alpha value is -1.58. The van der Waals surface area contributed by atoms with E-state index < -0.39 is 0 Å². The summed E-state index contributed by atoms with van der Waals surface area (Å²) >= 11 is 0. The second-order valence-electron chi connectivity index (χ2n) is 4.98. The molecule has 2 aromatic carbocycles. The Labute approximate surface area is 114 Å². The lowest BCUT2D eigenvalue weighted by atomic mass is 10.0. The van der Waals surface area contributed by atoms with Gasteiger partial charge >= 0.3 is 0 Å². The molecule has 0 radical (unpaired) electrons. The Kier molecular flexibility index (Phi) is 4.40. The fourth-order valence-corrected chi connectivity index (χ4v) is 2.33. The first-order valence-corrected chi connectivity index (χ1v) is 6.70. The van der Waals surface area contributed by atoms with Crippen molar-refractivity contribution in [1.29, 1.82) is 0 Å². The Balaban J connectivity index is 2.32. The molecule has 2 aromatic rings. The van der Waals surface area contributed by atoms with Gasteiger partial charge in [0.15, 0.2) is 0 Å². The number of phenolic OH excluding ortho intramolecular Hbond substituents is 1. The highest BCUT2D eigenvalue weighted by atomic mass is 16.3. The van der Waals surface area contributed by atoms with Crippen molar-refractivity contribution < 1.29 is 5.11 Å². The summed E-state index contributed by atoms with van der Waals surface area (Å²) in [4.78, 5) is 2.24. The van der Waals surface area contributed by atoms with Crippen molar-refractivity contribution in [1.82, 2.24) is 10.2 Å². The fraction of sp³-hybridized carbons (Fsp3) is 0.375. The van der Waals surface area contributed by atoms with Crippen LogP contribution in [-0.2, 0) is 0 Å². The van der Waals surface area contributed by atoms with E-state index in [0.29, 0.717) is 5.75 Å². The molecule has 1 atom stereocenters. The third-order valence-electron chi connectivity index (χ3n) is 3.76. The predicted octanol–water partition coefficient (Wildman–Crippen LogP) is 2.76. The quantitative estimate of drug-likeness (QED) is 0.865. The molecule has 1 unspecified atom stereocenters. The number of nitrogens with zero attached hydrogens (tertiary/aromatic N) is 1. The number of phenols is 1. The summed E-state index contributed by atoms with van der Waals surface area (Å²) in [7, 11) is 4.03. The van der Waals surface area contributed by atoms with Gasteiger partial charge in [-0.25, -0.2) is 0 Å². The van der Waals surface area contributed by atoms with Crippen molar-refractivity contribution in [2.75, 3.05) is 27.2 Å². The minimum atomic E-state index is 0.193. The van der Waals surface area contributed by atoms with Gasteiger partial charge in [-0.3, -0.25) is 4.90 Å². The molecule has 0 bridgehead atoms. The molecule has 0 aliphatic carbocycles. The molecule has 0 aromatic heterocycles. The first-order chi connectivity index (χ1) is 9.15. The lowest BCUT2D eigenvalue weighted by molar-refractivity contribution is 0.258. The lowest BCUT2D eigenvalue weighted by Crippen LogP contribution is -2.29. The van der Waals surface area contributed by atoms with Crippen LogP contribution in [0.5, 0.6) is 5.75 Å². The van der Waals surface area contributed by atoms with Crippen molar-refractivity contribution in [3.8, 4) is 5.75 Å². The number of aromatic hydroxyl groups is 1. The fourth-order valence-electron chi connectivity index (χ4n) is 2.33. The Morgan fingerprint density at radius 2 is 1.95 bits per heavy atom. The summed E-state index contributed by atoms with van der Waals surface area (Å²) in [6, 6.07) is 12.2. The van der Waals surface area contributed by atoms with Crippen LogP contribution in [0, 0.1) is 0 Å². The highest BCUT2D eigenvalue weighted by molar-refractivity contribution is 5.89. The molecule has 0 spiro atoms. The summed E-state index contributed by atoms with van der Waals surface area (Å²) < 4.78 is 0. The van der Waals surface area contributed by atoms with E-state index in [1.54, 1.807) is 0 Å². The molecule has 2 N–H and O–H groups in total. The second-order valence-corrected chi connectivity index (χ2v) is 4.98. The van der Waals surface area contributed by atoms with E-state index in [9.17, 15) is 5.11 Å². The van der Waals surface area contributed by atoms with E-state index in [-0.39, 0.29) is 6.04 Å². The number of hydrogen-bond donors (Lipinski definition) is 2. The van der Waals surface area contributed by atoms with Crippen LogP contribution in [0.1, 0.15) is 18.5 Å². The van der Waals surface area contributed by atoms with E-state index in [1.165, 1.54) is 0 Å². The number of hydrogen-bond acceptors (Lipinski definition) is 3. The van der Waals surface area contributed by atoms with Crippen molar-refractivity contribution in [2.24, 2.45) is 0 Å². The molecule has 3 heteroatoms.